The molecule has 0 saturated heterocycles. The van der Waals surface area contributed by atoms with Gasteiger partial charge in [-0.25, -0.2) is 0 Å². The molecule has 2 aromatic rings. The highest BCUT2D eigenvalue weighted by Crippen LogP contribution is 2.24. The van der Waals surface area contributed by atoms with Gasteiger partial charge in [0.15, 0.2) is 0 Å². The van der Waals surface area contributed by atoms with E-state index in [1.54, 1.807) is 11.3 Å². The van der Waals surface area contributed by atoms with Crippen molar-refractivity contribution in [3.63, 3.8) is 0 Å². The number of aliphatic hydroxyl groups is 2. The molecule has 0 amide bonds. The molecular formula is C17H23NO3S. The first-order valence-electron chi connectivity index (χ1n) is 7.54. The number of nitrogens with one attached hydrogen (secondary N) is 1. The van der Waals surface area contributed by atoms with Crippen LogP contribution in [0, 0.1) is 0 Å². The second-order valence-electron chi connectivity index (χ2n) is 5.14. The molecule has 5 heteroatoms. The van der Waals surface area contributed by atoms with Gasteiger partial charge in [-0.15, -0.1) is 0 Å². The van der Waals surface area contributed by atoms with Crippen LogP contribution in [0.25, 0.3) is 11.1 Å². The molecule has 1 atom stereocenters. The second kappa shape index (κ2) is 9.58. The lowest BCUT2D eigenvalue weighted by atomic mass is 10.1. The zero-order valence-electron chi connectivity index (χ0n) is 12.6. The van der Waals surface area contributed by atoms with Gasteiger partial charge in [0.05, 0.1) is 0 Å². The molecular weight excluding hydrogens is 298 g/mol. The maximum atomic E-state index is 9.84. The van der Waals surface area contributed by atoms with Crippen LogP contribution in [0.1, 0.15) is 12.8 Å². The summed E-state index contributed by atoms with van der Waals surface area (Å²) in [4.78, 5) is 0. The molecule has 22 heavy (non-hydrogen) atoms. The van der Waals surface area contributed by atoms with E-state index in [0.717, 1.165) is 25.1 Å². The molecule has 1 heterocycles. The number of unbranched alkanes of at least 4 members (excludes halogenated alkanes) is 1. The first kappa shape index (κ1) is 17.0. The van der Waals surface area contributed by atoms with Crippen molar-refractivity contribution in [2.45, 2.75) is 18.9 Å². The van der Waals surface area contributed by atoms with Gasteiger partial charge >= 0.3 is 0 Å². The highest BCUT2D eigenvalue weighted by Gasteiger charge is 2.05. The summed E-state index contributed by atoms with van der Waals surface area (Å²) >= 11 is 1.68. The van der Waals surface area contributed by atoms with E-state index in [4.69, 9.17) is 9.84 Å². The summed E-state index contributed by atoms with van der Waals surface area (Å²) in [5, 5.41) is 25.8. The van der Waals surface area contributed by atoms with E-state index >= 15 is 0 Å². The summed E-state index contributed by atoms with van der Waals surface area (Å²) in [6, 6.07) is 9.99. The van der Waals surface area contributed by atoms with E-state index in [-0.39, 0.29) is 13.2 Å². The molecule has 1 aromatic heterocycles. The third kappa shape index (κ3) is 5.77. The summed E-state index contributed by atoms with van der Waals surface area (Å²) in [5.41, 5.74) is 2.38. The van der Waals surface area contributed by atoms with Gasteiger partial charge in [0, 0.05) is 13.2 Å². The Hall–Kier alpha value is -1.40. The Kier molecular flexibility index (Phi) is 7.39. The van der Waals surface area contributed by atoms with Crippen LogP contribution in [0.2, 0.25) is 0 Å². The van der Waals surface area contributed by atoms with Gasteiger partial charge in [0.1, 0.15) is 18.5 Å². The van der Waals surface area contributed by atoms with Crippen LogP contribution in [-0.4, -0.2) is 42.6 Å². The van der Waals surface area contributed by atoms with Crippen molar-refractivity contribution in [3.8, 4) is 16.9 Å². The lowest BCUT2D eigenvalue weighted by Gasteiger charge is -2.13. The standard InChI is InChI=1S/C17H23NO3S/c19-9-2-1-8-18-11-16(20)12-21-17-5-3-14(4-6-17)15-7-10-22-13-15/h3-7,10,13,16,18-20H,1-2,8-9,11-12H2. The molecule has 1 aromatic carbocycles. The molecule has 2 rings (SSSR count). The van der Waals surface area contributed by atoms with Crippen molar-refractivity contribution in [1.29, 1.82) is 0 Å². The minimum atomic E-state index is -0.536. The van der Waals surface area contributed by atoms with Crippen molar-refractivity contribution in [2.24, 2.45) is 0 Å². The van der Waals surface area contributed by atoms with Crippen molar-refractivity contribution < 1.29 is 14.9 Å². The minimum absolute atomic E-state index is 0.217. The largest absolute Gasteiger partial charge is 0.491 e. The smallest absolute Gasteiger partial charge is 0.119 e. The molecule has 1 unspecified atom stereocenters. The molecule has 0 radical (unpaired) electrons. The normalized spacial score (nSPS) is 12.3. The average molecular weight is 321 g/mol. The van der Waals surface area contributed by atoms with E-state index in [1.807, 2.05) is 24.3 Å². The molecule has 0 spiro atoms. The summed E-state index contributed by atoms with van der Waals surface area (Å²) in [6.07, 6.45) is 1.16. The van der Waals surface area contributed by atoms with Gasteiger partial charge in [0.2, 0.25) is 0 Å². The molecule has 0 aliphatic heterocycles. The Morgan fingerprint density at radius 2 is 1.91 bits per heavy atom. The van der Waals surface area contributed by atoms with Gasteiger partial charge in [-0.2, -0.15) is 11.3 Å². The highest BCUT2D eigenvalue weighted by molar-refractivity contribution is 7.08. The Bertz CT molecular complexity index is 513. The summed E-state index contributed by atoms with van der Waals surface area (Å²) < 4.78 is 5.59. The maximum Gasteiger partial charge on any atom is 0.119 e. The SMILES string of the molecule is OCCCCNCC(O)COc1ccc(-c2ccsc2)cc1. The van der Waals surface area contributed by atoms with E-state index in [9.17, 15) is 5.11 Å². The van der Waals surface area contributed by atoms with Crippen LogP contribution in [0.15, 0.2) is 41.1 Å². The van der Waals surface area contributed by atoms with Gasteiger partial charge in [-0.05, 0) is 59.5 Å². The van der Waals surface area contributed by atoms with E-state index in [1.165, 1.54) is 11.1 Å². The lowest BCUT2D eigenvalue weighted by molar-refractivity contribution is 0.106. The number of aliphatic hydroxyl groups excluding tert-OH is 2. The summed E-state index contributed by atoms with van der Waals surface area (Å²) in [7, 11) is 0. The first-order chi connectivity index (χ1) is 10.8. The minimum Gasteiger partial charge on any atom is -0.491 e. The molecule has 0 aliphatic rings. The van der Waals surface area contributed by atoms with Crippen LogP contribution in [-0.2, 0) is 0 Å². The molecule has 120 valence electrons. The van der Waals surface area contributed by atoms with E-state index in [0.29, 0.717) is 6.54 Å². The Morgan fingerprint density at radius 1 is 1.09 bits per heavy atom. The zero-order chi connectivity index (χ0) is 15.6. The quantitative estimate of drug-likeness (QED) is 0.589. The number of thiophene rings is 1. The molecule has 0 saturated carbocycles. The predicted molar refractivity (Wildman–Crippen MR) is 90.4 cm³/mol. The Balaban J connectivity index is 1.68. The van der Waals surface area contributed by atoms with Gasteiger partial charge in [0.25, 0.3) is 0 Å². The number of rotatable bonds is 10. The third-order valence-corrected chi connectivity index (χ3v) is 3.98. The highest BCUT2D eigenvalue weighted by atomic mass is 32.1. The molecule has 0 aliphatic carbocycles. The van der Waals surface area contributed by atoms with Gasteiger partial charge in [-0.1, -0.05) is 12.1 Å². The fraction of sp³-hybridized carbons (Fsp3) is 0.412. The van der Waals surface area contributed by atoms with Crippen molar-refractivity contribution in [3.05, 3.63) is 41.1 Å². The Morgan fingerprint density at radius 3 is 2.59 bits per heavy atom. The average Bonchev–Trinajstić information content (AvgIpc) is 3.08. The second-order valence-corrected chi connectivity index (χ2v) is 5.92. The third-order valence-electron chi connectivity index (χ3n) is 3.29. The fourth-order valence-corrected chi connectivity index (χ4v) is 2.72. The van der Waals surface area contributed by atoms with E-state index < -0.39 is 6.10 Å². The van der Waals surface area contributed by atoms with Crippen molar-refractivity contribution in [1.82, 2.24) is 5.32 Å². The van der Waals surface area contributed by atoms with Gasteiger partial charge in [-0.3, -0.25) is 0 Å². The molecule has 0 bridgehead atoms. The summed E-state index contributed by atoms with van der Waals surface area (Å²) in [6.45, 7) is 1.78. The summed E-state index contributed by atoms with van der Waals surface area (Å²) in [5.74, 6) is 0.762. The molecule has 0 fully saturated rings. The first-order valence-corrected chi connectivity index (χ1v) is 8.49. The molecule has 4 nitrogen and oxygen atoms in total. The topological polar surface area (TPSA) is 61.7 Å². The van der Waals surface area contributed by atoms with Crippen molar-refractivity contribution in [2.75, 3.05) is 26.3 Å². The lowest BCUT2D eigenvalue weighted by Crippen LogP contribution is -2.32. The van der Waals surface area contributed by atoms with E-state index in [2.05, 4.69) is 22.1 Å². The fourth-order valence-electron chi connectivity index (χ4n) is 2.05. The number of hydrogen-bond donors (Lipinski definition) is 3. The van der Waals surface area contributed by atoms with Crippen molar-refractivity contribution >= 4 is 11.3 Å². The zero-order valence-corrected chi connectivity index (χ0v) is 13.4. The maximum absolute atomic E-state index is 9.84. The number of benzene rings is 1. The molecule has 3 N–H and O–H groups in total. The number of hydrogen-bond acceptors (Lipinski definition) is 5. The van der Waals surface area contributed by atoms with Crippen LogP contribution in [0.3, 0.4) is 0 Å². The number of ether oxygens (including phenoxy) is 1. The van der Waals surface area contributed by atoms with Crippen LogP contribution >= 0.6 is 11.3 Å². The van der Waals surface area contributed by atoms with Crippen LogP contribution < -0.4 is 10.1 Å². The Labute approximate surface area is 135 Å². The monoisotopic (exact) mass is 321 g/mol. The predicted octanol–water partition coefficient (Wildman–Crippen LogP) is 2.52. The van der Waals surface area contributed by atoms with Crippen LogP contribution in [0.4, 0.5) is 0 Å². The van der Waals surface area contributed by atoms with Crippen LogP contribution in [0.5, 0.6) is 5.75 Å². The van der Waals surface area contributed by atoms with Gasteiger partial charge < -0.3 is 20.3 Å².